The maximum atomic E-state index is 14.0. The monoisotopic (exact) mass is 304 g/mol. The smallest absolute Gasteiger partial charge is 0.192 e. The van der Waals surface area contributed by atoms with E-state index in [9.17, 15) is 4.39 Å². The number of alkyl halides is 2. The highest BCUT2D eigenvalue weighted by Crippen LogP contribution is 2.40. The molecule has 0 aromatic rings. The molecule has 1 nitrogen and oxygen atoms in total. The molecule has 0 aromatic carbocycles. The molecule has 1 aliphatic rings. The Kier molecular flexibility index (Phi) is 5.44. The molecule has 0 aromatic heterocycles. The summed E-state index contributed by atoms with van der Waals surface area (Å²) in [5.74, 6) is 0.397. The third-order valence-electron chi connectivity index (χ3n) is 4.30. The quantitative estimate of drug-likeness (QED) is 0.512. The van der Waals surface area contributed by atoms with Crippen LogP contribution in [0.25, 0.3) is 0 Å². The van der Waals surface area contributed by atoms with Crippen molar-refractivity contribution < 1.29 is 8.82 Å². The third-order valence-corrected chi connectivity index (χ3v) is 8.99. The van der Waals surface area contributed by atoms with E-state index in [0.717, 1.165) is 12.0 Å². The molecule has 0 bridgehead atoms. The Hall–Kier alpha value is -0.123. The first-order chi connectivity index (χ1) is 8.58. The van der Waals surface area contributed by atoms with Gasteiger partial charge in [-0.1, -0.05) is 33.4 Å². The summed E-state index contributed by atoms with van der Waals surface area (Å²) >= 11 is 5.73. The highest BCUT2D eigenvalue weighted by atomic mass is 35.5. The molecule has 19 heavy (non-hydrogen) atoms. The summed E-state index contributed by atoms with van der Waals surface area (Å²) in [5, 5.41) is 0.142. The van der Waals surface area contributed by atoms with Crippen LogP contribution in [0.1, 0.15) is 33.6 Å². The molecule has 0 radical (unpaired) electrons. The first-order valence-corrected chi connectivity index (χ1v) is 10.3. The van der Waals surface area contributed by atoms with Gasteiger partial charge in [0.2, 0.25) is 0 Å². The fraction of sp³-hybridized carbons (Fsp3) is 0.733. The van der Waals surface area contributed by atoms with E-state index >= 15 is 0 Å². The van der Waals surface area contributed by atoms with Gasteiger partial charge in [-0.2, -0.15) is 0 Å². The van der Waals surface area contributed by atoms with E-state index in [4.69, 9.17) is 16.0 Å². The number of halogens is 2. The SMILES string of the molecule is C=C1/C(=C/CCl)C[C@@H](O[Si](C)(C)C(C)(C)C)C[C@@H]1F. The zero-order chi connectivity index (χ0) is 14.8. The first kappa shape index (κ1) is 16.9. The van der Waals surface area contributed by atoms with Crippen LogP contribution >= 0.6 is 11.6 Å². The highest BCUT2D eigenvalue weighted by molar-refractivity contribution is 6.74. The van der Waals surface area contributed by atoms with Crippen molar-refractivity contribution in [2.75, 3.05) is 5.88 Å². The van der Waals surface area contributed by atoms with Crippen molar-refractivity contribution in [3.8, 4) is 0 Å². The summed E-state index contributed by atoms with van der Waals surface area (Å²) in [6.07, 6.45) is 1.97. The largest absolute Gasteiger partial charge is 0.413 e. The van der Waals surface area contributed by atoms with Gasteiger partial charge in [0, 0.05) is 12.3 Å². The van der Waals surface area contributed by atoms with Crippen LogP contribution in [0.2, 0.25) is 18.1 Å². The molecule has 0 saturated heterocycles. The summed E-state index contributed by atoms with van der Waals surface area (Å²) in [6.45, 7) is 14.8. The Morgan fingerprint density at radius 3 is 2.53 bits per heavy atom. The van der Waals surface area contributed by atoms with Crippen molar-refractivity contribution in [2.45, 2.75) is 64.0 Å². The molecule has 0 spiro atoms. The maximum absolute atomic E-state index is 14.0. The van der Waals surface area contributed by atoms with Crippen molar-refractivity contribution in [3.05, 3.63) is 23.8 Å². The van der Waals surface area contributed by atoms with Gasteiger partial charge in [-0.25, -0.2) is 4.39 Å². The van der Waals surface area contributed by atoms with Crippen LogP contribution in [-0.4, -0.2) is 26.5 Å². The summed E-state index contributed by atoms with van der Waals surface area (Å²) < 4.78 is 20.3. The molecular formula is C15H26ClFOSi. The number of hydrogen-bond acceptors (Lipinski definition) is 1. The fourth-order valence-corrected chi connectivity index (χ4v) is 3.58. The van der Waals surface area contributed by atoms with E-state index < -0.39 is 14.5 Å². The Morgan fingerprint density at radius 2 is 2.05 bits per heavy atom. The van der Waals surface area contributed by atoms with Gasteiger partial charge in [-0.05, 0) is 35.7 Å². The average molecular weight is 305 g/mol. The van der Waals surface area contributed by atoms with Crippen LogP contribution in [0, 0.1) is 0 Å². The Balaban J connectivity index is 2.81. The zero-order valence-electron chi connectivity index (χ0n) is 12.7. The summed E-state index contributed by atoms with van der Waals surface area (Å²) in [4.78, 5) is 0. The molecule has 4 heteroatoms. The van der Waals surface area contributed by atoms with Crippen molar-refractivity contribution >= 4 is 19.9 Å². The molecular weight excluding hydrogens is 279 g/mol. The topological polar surface area (TPSA) is 9.23 Å². The van der Waals surface area contributed by atoms with E-state index in [0.29, 0.717) is 17.9 Å². The van der Waals surface area contributed by atoms with Gasteiger partial charge in [-0.3, -0.25) is 0 Å². The normalized spacial score (nSPS) is 27.9. The van der Waals surface area contributed by atoms with E-state index in [1.54, 1.807) is 0 Å². The van der Waals surface area contributed by atoms with Crippen LogP contribution in [0.4, 0.5) is 4.39 Å². The number of allylic oxidation sites excluding steroid dienone is 2. The highest BCUT2D eigenvalue weighted by Gasteiger charge is 2.41. The second-order valence-electron chi connectivity index (χ2n) is 6.82. The number of hydrogen-bond donors (Lipinski definition) is 0. The summed E-state index contributed by atoms with van der Waals surface area (Å²) in [5.41, 5.74) is 1.51. The standard InChI is InChI=1S/C15H26ClFOSi/c1-11-12(7-8-16)9-13(10-14(11)17)18-19(5,6)15(2,3)4/h7,13-14H,1,8-10H2,2-6H3/b12-7+/t13-,14+/m1/s1. The Bertz CT molecular complexity index is 371. The lowest BCUT2D eigenvalue weighted by atomic mass is 9.87. The van der Waals surface area contributed by atoms with Crippen molar-refractivity contribution in [1.82, 2.24) is 0 Å². The van der Waals surface area contributed by atoms with E-state index in [1.807, 2.05) is 6.08 Å². The molecule has 1 rings (SSSR count). The van der Waals surface area contributed by atoms with Crippen LogP contribution in [0.3, 0.4) is 0 Å². The van der Waals surface area contributed by atoms with Gasteiger partial charge >= 0.3 is 0 Å². The minimum Gasteiger partial charge on any atom is -0.413 e. The molecule has 1 aliphatic carbocycles. The predicted octanol–water partition coefficient (Wildman–Crippen LogP) is 5.23. The van der Waals surface area contributed by atoms with Crippen LogP contribution < -0.4 is 0 Å². The second kappa shape index (κ2) is 6.11. The van der Waals surface area contributed by atoms with Crippen molar-refractivity contribution in [2.24, 2.45) is 0 Å². The van der Waals surface area contributed by atoms with Gasteiger partial charge in [-0.15, -0.1) is 11.6 Å². The molecule has 0 aliphatic heterocycles. The molecule has 1 fully saturated rings. The lowest BCUT2D eigenvalue weighted by Gasteiger charge is -2.41. The van der Waals surface area contributed by atoms with E-state index in [-0.39, 0.29) is 11.1 Å². The van der Waals surface area contributed by atoms with Crippen LogP contribution in [0.5, 0.6) is 0 Å². The fourth-order valence-electron chi connectivity index (χ4n) is 2.02. The van der Waals surface area contributed by atoms with Crippen LogP contribution in [-0.2, 0) is 4.43 Å². The van der Waals surface area contributed by atoms with Crippen LogP contribution in [0.15, 0.2) is 23.8 Å². The van der Waals surface area contributed by atoms with Gasteiger partial charge in [0.25, 0.3) is 0 Å². The summed E-state index contributed by atoms with van der Waals surface area (Å²) in [6, 6.07) is 0. The molecule has 1 saturated carbocycles. The lowest BCUT2D eigenvalue weighted by molar-refractivity contribution is 0.131. The molecule has 110 valence electrons. The molecule has 0 unspecified atom stereocenters. The lowest BCUT2D eigenvalue weighted by Crippen LogP contribution is -2.45. The van der Waals surface area contributed by atoms with Gasteiger partial charge in [0.05, 0.1) is 6.10 Å². The van der Waals surface area contributed by atoms with Crippen molar-refractivity contribution in [1.29, 1.82) is 0 Å². The second-order valence-corrected chi connectivity index (χ2v) is 11.9. The van der Waals surface area contributed by atoms with Gasteiger partial charge < -0.3 is 4.43 Å². The third kappa shape index (κ3) is 4.17. The van der Waals surface area contributed by atoms with E-state index in [1.165, 1.54) is 0 Å². The van der Waals surface area contributed by atoms with Gasteiger partial charge in [0.15, 0.2) is 8.32 Å². The van der Waals surface area contributed by atoms with Gasteiger partial charge in [0.1, 0.15) is 6.17 Å². The first-order valence-electron chi connectivity index (χ1n) is 6.84. The molecule has 0 amide bonds. The minimum absolute atomic E-state index is 0.0455. The average Bonchev–Trinajstić information content (AvgIpc) is 2.23. The molecule has 0 N–H and O–H groups in total. The minimum atomic E-state index is -1.85. The summed E-state index contributed by atoms with van der Waals surface area (Å²) in [7, 11) is -1.85. The van der Waals surface area contributed by atoms with Crippen molar-refractivity contribution in [3.63, 3.8) is 0 Å². The number of rotatable bonds is 3. The molecule has 0 heterocycles. The Morgan fingerprint density at radius 1 is 1.47 bits per heavy atom. The zero-order valence-corrected chi connectivity index (χ0v) is 14.5. The maximum Gasteiger partial charge on any atom is 0.192 e. The predicted molar refractivity (Wildman–Crippen MR) is 84.1 cm³/mol. The van der Waals surface area contributed by atoms with E-state index in [2.05, 4.69) is 40.4 Å². The molecule has 2 atom stereocenters. The Labute approximate surface area is 123 Å².